The van der Waals surface area contributed by atoms with Crippen LogP contribution in [0.15, 0.2) is 18.2 Å². The number of amides is 1. The van der Waals surface area contributed by atoms with E-state index in [1.165, 1.54) is 18.2 Å². The molecule has 0 heterocycles. The second kappa shape index (κ2) is 10.6. The summed E-state index contributed by atoms with van der Waals surface area (Å²) in [6.07, 6.45) is 2.62. The minimum Gasteiger partial charge on any atom is -0.434 e. The number of rotatable bonds is 8. The second-order valence-corrected chi connectivity index (χ2v) is 5.00. The summed E-state index contributed by atoms with van der Waals surface area (Å²) in [5, 5.41) is 2.97. The predicted molar refractivity (Wildman–Crippen MR) is 85.2 cm³/mol. The van der Waals surface area contributed by atoms with Gasteiger partial charge in [0.25, 0.3) is 5.91 Å². The van der Waals surface area contributed by atoms with E-state index in [1.54, 1.807) is 0 Å². The summed E-state index contributed by atoms with van der Waals surface area (Å²) in [6, 6.07) is 3.71. The van der Waals surface area contributed by atoms with Crippen LogP contribution in [-0.4, -0.2) is 25.1 Å². The van der Waals surface area contributed by atoms with E-state index < -0.39 is 12.5 Å². The molecule has 4 nitrogen and oxygen atoms in total. The topological polar surface area (TPSA) is 64.3 Å². The van der Waals surface area contributed by atoms with Crippen LogP contribution in [0.4, 0.5) is 8.78 Å². The summed E-state index contributed by atoms with van der Waals surface area (Å²) in [4.78, 5) is 12.2. The predicted octanol–water partition coefficient (Wildman–Crippen LogP) is 3.61. The fourth-order valence-electron chi connectivity index (χ4n) is 1.84. The second-order valence-electron chi connectivity index (χ2n) is 4.57. The lowest BCUT2D eigenvalue weighted by atomic mass is 10.1. The van der Waals surface area contributed by atoms with Gasteiger partial charge < -0.3 is 15.8 Å². The van der Waals surface area contributed by atoms with Crippen LogP contribution in [0, 0.1) is 0 Å². The maximum Gasteiger partial charge on any atom is 0.387 e. The van der Waals surface area contributed by atoms with Crippen molar-refractivity contribution in [2.45, 2.75) is 38.8 Å². The molecule has 0 aromatic heterocycles. The molecule has 1 atom stereocenters. The number of nitrogens with two attached hydrogens (primary N) is 1. The third kappa shape index (κ3) is 6.77. The maximum atomic E-state index is 12.4. The van der Waals surface area contributed by atoms with Crippen molar-refractivity contribution < 1.29 is 18.3 Å². The fourth-order valence-corrected chi connectivity index (χ4v) is 2.01. The number of nitrogens with one attached hydrogen (secondary N) is 1. The van der Waals surface area contributed by atoms with Gasteiger partial charge in [0.2, 0.25) is 0 Å². The van der Waals surface area contributed by atoms with E-state index in [2.05, 4.69) is 10.1 Å². The van der Waals surface area contributed by atoms with Crippen molar-refractivity contribution in [3.63, 3.8) is 0 Å². The lowest BCUT2D eigenvalue weighted by Crippen LogP contribution is -2.40. The summed E-state index contributed by atoms with van der Waals surface area (Å²) < 4.78 is 29.0. The molecule has 22 heavy (non-hydrogen) atoms. The highest BCUT2D eigenvalue weighted by Gasteiger charge is 2.18. The first-order chi connectivity index (χ1) is 9.97. The Balaban J connectivity index is 0.00000441. The molecule has 1 unspecified atom stereocenters. The largest absolute Gasteiger partial charge is 0.434 e. The maximum absolute atomic E-state index is 12.4. The number of halogens is 4. The van der Waals surface area contributed by atoms with Gasteiger partial charge in [0.1, 0.15) is 5.75 Å². The molecule has 0 aliphatic carbocycles. The van der Waals surface area contributed by atoms with E-state index in [0.29, 0.717) is 0 Å². The summed E-state index contributed by atoms with van der Waals surface area (Å²) in [5.74, 6) is -0.738. The SMILES string of the molecule is CCCCC(CN)NC(=O)c1cc(Cl)ccc1OC(F)F.Cl. The molecule has 1 aromatic rings. The van der Waals surface area contributed by atoms with Crippen molar-refractivity contribution in [2.24, 2.45) is 5.73 Å². The first-order valence-corrected chi connectivity index (χ1v) is 7.11. The molecule has 8 heteroatoms. The molecule has 0 saturated heterocycles. The number of alkyl halides is 2. The van der Waals surface area contributed by atoms with Gasteiger partial charge in [-0.1, -0.05) is 31.4 Å². The summed E-state index contributed by atoms with van der Waals surface area (Å²) in [5.41, 5.74) is 5.57. The number of hydrogen-bond donors (Lipinski definition) is 2. The van der Waals surface area contributed by atoms with Crippen LogP contribution < -0.4 is 15.8 Å². The van der Waals surface area contributed by atoms with E-state index in [0.717, 1.165) is 19.3 Å². The average molecular weight is 357 g/mol. The van der Waals surface area contributed by atoms with Gasteiger partial charge in [-0.3, -0.25) is 4.79 Å². The molecule has 3 N–H and O–H groups in total. The molecule has 1 rings (SSSR count). The highest BCUT2D eigenvalue weighted by Crippen LogP contribution is 2.24. The van der Waals surface area contributed by atoms with Crippen molar-refractivity contribution in [3.8, 4) is 5.75 Å². The lowest BCUT2D eigenvalue weighted by molar-refractivity contribution is -0.0501. The number of carbonyl (C=O) groups is 1. The Kier molecular flexibility index (Phi) is 10.1. The Morgan fingerprint density at radius 1 is 1.45 bits per heavy atom. The molecule has 0 aliphatic rings. The van der Waals surface area contributed by atoms with Gasteiger partial charge >= 0.3 is 6.61 Å². The molecule has 1 amide bonds. The molecule has 0 fully saturated rings. The molecule has 126 valence electrons. The van der Waals surface area contributed by atoms with E-state index >= 15 is 0 Å². The third-order valence-electron chi connectivity index (χ3n) is 2.93. The molecule has 0 bridgehead atoms. The number of benzene rings is 1. The molecule has 0 saturated carbocycles. The van der Waals surface area contributed by atoms with Crippen LogP contribution >= 0.6 is 24.0 Å². The van der Waals surface area contributed by atoms with E-state index in [-0.39, 0.29) is 41.3 Å². The zero-order valence-electron chi connectivity index (χ0n) is 12.2. The monoisotopic (exact) mass is 356 g/mol. The van der Waals surface area contributed by atoms with Crippen molar-refractivity contribution in [1.82, 2.24) is 5.32 Å². The average Bonchev–Trinajstić information content (AvgIpc) is 2.44. The quantitative estimate of drug-likeness (QED) is 0.747. The molecule has 1 aromatic carbocycles. The number of ether oxygens (including phenoxy) is 1. The number of unbranched alkanes of at least 4 members (excludes halogenated alkanes) is 1. The van der Waals surface area contributed by atoms with Gasteiger partial charge in [0, 0.05) is 17.6 Å². The highest BCUT2D eigenvalue weighted by atomic mass is 35.5. The first kappa shape index (κ1) is 20.9. The van der Waals surface area contributed by atoms with Crippen molar-refractivity contribution in [2.75, 3.05) is 6.54 Å². The molecule has 0 radical (unpaired) electrons. The first-order valence-electron chi connectivity index (χ1n) is 6.73. The molecule has 0 spiro atoms. The Bertz CT molecular complexity index is 476. The number of hydrogen-bond acceptors (Lipinski definition) is 3. The molecular formula is C14H20Cl2F2N2O2. The van der Waals surface area contributed by atoms with Crippen LogP contribution in [0.3, 0.4) is 0 Å². The van der Waals surface area contributed by atoms with Gasteiger partial charge in [0.15, 0.2) is 0 Å². The molecular weight excluding hydrogens is 337 g/mol. The minimum absolute atomic E-state index is 0. The van der Waals surface area contributed by atoms with Gasteiger partial charge in [0.05, 0.1) is 5.56 Å². The van der Waals surface area contributed by atoms with Crippen molar-refractivity contribution >= 4 is 29.9 Å². The Morgan fingerprint density at radius 2 is 2.14 bits per heavy atom. The van der Waals surface area contributed by atoms with Crippen LogP contribution in [0.25, 0.3) is 0 Å². The standard InChI is InChI=1S/C14H19ClF2N2O2.ClH/c1-2-3-4-10(8-18)19-13(20)11-7-9(15)5-6-12(11)21-14(16)17;/h5-7,10,14H,2-4,8,18H2,1H3,(H,19,20);1H. The van der Waals surface area contributed by atoms with E-state index in [1.807, 2.05) is 6.92 Å². The smallest absolute Gasteiger partial charge is 0.387 e. The summed E-state index contributed by atoms with van der Waals surface area (Å²) in [6.45, 7) is -0.707. The lowest BCUT2D eigenvalue weighted by Gasteiger charge is -2.18. The fraction of sp³-hybridized carbons (Fsp3) is 0.500. The Labute approximate surface area is 139 Å². The van der Waals surface area contributed by atoms with Crippen molar-refractivity contribution in [3.05, 3.63) is 28.8 Å². The molecule has 0 aliphatic heterocycles. The van der Waals surface area contributed by atoms with Crippen molar-refractivity contribution in [1.29, 1.82) is 0 Å². The van der Waals surface area contributed by atoms with E-state index in [4.69, 9.17) is 17.3 Å². The van der Waals surface area contributed by atoms with Crippen LogP contribution in [-0.2, 0) is 0 Å². The Morgan fingerprint density at radius 3 is 2.68 bits per heavy atom. The van der Waals surface area contributed by atoms with Crippen LogP contribution in [0.2, 0.25) is 5.02 Å². The summed E-state index contributed by atoms with van der Waals surface area (Å²) >= 11 is 5.80. The zero-order chi connectivity index (χ0) is 15.8. The van der Waals surface area contributed by atoms with Gasteiger partial charge in [-0.2, -0.15) is 8.78 Å². The normalized spacial score (nSPS) is 11.7. The van der Waals surface area contributed by atoms with Gasteiger partial charge in [-0.15, -0.1) is 12.4 Å². The highest BCUT2D eigenvalue weighted by molar-refractivity contribution is 6.31. The van der Waals surface area contributed by atoms with Crippen LogP contribution in [0.1, 0.15) is 36.5 Å². The minimum atomic E-state index is -3.01. The third-order valence-corrected chi connectivity index (χ3v) is 3.16. The zero-order valence-corrected chi connectivity index (χ0v) is 13.7. The van der Waals surface area contributed by atoms with Gasteiger partial charge in [-0.25, -0.2) is 0 Å². The Hall–Kier alpha value is -1.11. The van der Waals surface area contributed by atoms with Crippen LogP contribution in [0.5, 0.6) is 5.75 Å². The summed E-state index contributed by atoms with van der Waals surface area (Å²) in [7, 11) is 0. The van der Waals surface area contributed by atoms with E-state index in [9.17, 15) is 13.6 Å². The van der Waals surface area contributed by atoms with Gasteiger partial charge in [-0.05, 0) is 24.6 Å². The number of carbonyl (C=O) groups excluding carboxylic acids is 1.